The lowest BCUT2D eigenvalue weighted by atomic mass is 9.82. The van der Waals surface area contributed by atoms with E-state index in [0.717, 1.165) is 62.9 Å². The summed E-state index contributed by atoms with van der Waals surface area (Å²) < 4.78 is 15.2. The zero-order chi connectivity index (χ0) is 26.6. The molecule has 38 heavy (non-hydrogen) atoms. The Morgan fingerprint density at radius 3 is 2.55 bits per heavy atom. The van der Waals surface area contributed by atoms with Crippen molar-refractivity contribution in [3.63, 3.8) is 0 Å². The molecule has 4 atom stereocenters. The van der Waals surface area contributed by atoms with Gasteiger partial charge < -0.3 is 15.5 Å². The fourth-order valence-corrected chi connectivity index (χ4v) is 6.37. The number of halogens is 1. The molecule has 1 saturated carbocycles. The SMILES string of the molecule is CNC(C)C(=O)NC(C(=O)N1CC2CCCN2CC1c1ccn(Cc2ccc(F)cc2)n1)C1CCCCC1. The summed E-state index contributed by atoms with van der Waals surface area (Å²) in [6, 6.07) is 7.77. The first-order valence-electron chi connectivity index (χ1n) is 14.2. The van der Waals surface area contributed by atoms with Gasteiger partial charge in [-0.15, -0.1) is 0 Å². The van der Waals surface area contributed by atoms with Crippen molar-refractivity contribution in [1.29, 1.82) is 0 Å². The van der Waals surface area contributed by atoms with Gasteiger partial charge in [0.1, 0.15) is 11.9 Å². The van der Waals surface area contributed by atoms with E-state index < -0.39 is 6.04 Å². The quantitative estimate of drug-likeness (QED) is 0.555. The molecule has 3 heterocycles. The van der Waals surface area contributed by atoms with Gasteiger partial charge in [-0.05, 0) is 75.9 Å². The minimum absolute atomic E-state index is 0.0261. The molecule has 8 nitrogen and oxygen atoms in total. The Hall–Kier alpha value is -2.78. The molecule has 1 aromatic carbocycles. The van der Waals surface area contributed by atoms with E-state index in [0.29, 0.717) is 19.1 Å². The number of benzene rings is 1. The molecule has 5 rings (SSSR count). The van der Waals surface area contributed by atoms with Crippen molar-refractivity contribution in [2.75, 3.05) is 26.7 Å². The molecule has 4 unspecified atom stereocenters. The Labute approximate surface area is 224 Å². The Balaban J connectivity index is 1.40. The third-order valence-electron chi connectivity index (χ3n) is 8.75. The van der Waals surface area contributed by atoms with E-state index >= 15 is 0 Å². The van der Waals surface area contributed by atoms with E-state index in [9.17, 15) is 14.0 Å². The molecule has 0 spiro atoms. The lowest BCUT2D eigenvalue weighted by Gasteiger charge is -2.45. The number of nitrogens with one attached hydrogen (secondary N) is 2. The van der Waals surface area contributed by atoms with E-state index in [4.69, 9.17) is 5.10 Å². The average Bonchev–Trinajstić information content (AvgIpc) is 3.61. The Bertz CT molecular complexity index is 1100. The van der Waals surface area contributed by atoms with Crippen molar-refractivity contribution in [2.45, 2.75) is 82.6 Å². The first kappa shape index (κ1) is 26.8. The van der Waals surface area contributed by atoms with Crippen LogP contribution in [-0.4, -0.2) is 76.2 Å². The second-order valence-electron chi connectivity index (χ2n) is 11.3. The summed E-state index contributed by atoms with van der Waals surface area (Å²) in [5.41, 5.74) is 1.83. The van der Waals surface area contributed by atoms with Crippen molar-refractivity contribution >= 4 is 11.8 Å². The molecule has 1 aliphatic carbocycles. The molecular weight excluding hydrogens is 483 g/mol. The van der Waals surface area contributed by atoms with Gasteiger partial charge >= 0.3 is 0 Å². The van der Waals surface area contributed by atoms with E-state index in [2.05, 4.69) is 15.5 Å². The number of fused-ring (bicyclic) bond motifs is 1. The van der Waals surface area contributed by atoms with Gasteiger partial charge in [0.2, 0.25) is 11.8 Å². The van der Waals surface area contributed by atoms with Crippen LogP contribution >= 0.6 is 0 Å². The van der Waals surface area contributed by atoms with Gasteiger partial charge in [0, 0.05) is 25.3 Å². The maximum atomic E-state index is 14.3. The van der Waals surface area contributed by atoms with E-state index in [-0.39, 0.29) is 35.6 Å². The number of rotatable bonds is 8. The number of amides is 2. The number of aromatic nitrogens is 2. The van der Waals surface area contributed by atoms with Crippen molar-refractivity contribution < 1.29 is 14.0 Å². The molecule has 2 aliphatic heterocycles. The van der Waals surface area contributed by atoms with Crippen LogP contribution in [0.1, 0.15) is 69.2 Å². The molecular formula is C29H41FN6O2. The van der Waals surface area contributed by atoms with Crippen LogP contribution in [0.3, 0.4) is 0 Å². The zero-order valence-corrected chi connectivity index (χ0v) is 22.6. The minimum atomic E-state index is -0.518. The second-order valence-corrected chi connectivity index (χ2v) is 11.3. The first-order valence-corrected chi connectivity index (χ1v) is 14.2. The Morgan fingerprint density at radius 1 is 1.05 bits per heavy atom. The van der Waals surface area contributed by atoms with Gasteiger partial charge in [0.05, 0.1) is 24.3 Å². The molecule has 0 radical (unpaired) electrons. The fraction of sp³-hybridized carbons (Fsp3) is 0.621. The first-order chi connectivity index (χ1) is 18.4. The van der Waals surface area contributed by atoms with Crippen LogP contribution in [0.2, 0.25) is 0 Å². The molecule has 2 saturated heterocycles. The molecule has 9 heteroatoms. The zero-order valence-electron chi connectivity index (χ0n) is 22.6. The number of piperazine rings is 1. The molecule has 0 bridgehead atoms. The summed E-state index contributed by atoms with van der Waals surface area (Å²) in [6.07, 6.45) is 9.47. The largest absolute Gasteiger partial charge is 0.343 e. The highest BCUT2D eigenvalue weighted by Gasteiger charge is 2.44. The lowest BCUT2D eigenvalue weighted by molar-refractivity contribution is -0.144. The number of nitrogens with zero attached hydrogens (tertiary/aromatic N) is 4. The summed E-state index contributed by atoms with van der Waals surface area (Å²) in [4.78, 5) is 31.8. The standard InChI is InChI=1S/C29H41FN6O2/c1-20(31-2)28(37)32-27(22-7-4-3-5-8-22)29(38)36-18-24-9-6-15-34(24)19-26(36)25-14-16-35(33-25)17-21-10-12-23(30)13-11-21/h10-14,16,20,22,24,26-27,31H,3-9,15,17-19H2,1-2H3,(H,32,37). The van der Waals surface area contributed by atoms with Crippen molar-refractivity contribution in [2.24, 2.45) is 5.92 Å². The van der Waals surface area contributed by atoms with Crippen LogP contribution in [0.5, 0.6) is 0 Å². The number of hydrogen-bond acceptors (Lipinski definition) is 5. The molecule has 3 fully saturated rings. The van der Waals surface area contributed by atoms with Crippen LogP contribution in [0.4, 0.5) is 4.39 Å². The van der Waals surface area contributed by atoms with Gasteiger partial charge in [0.25, 0.3) is 0 Å². The highest BCUT2D eigenvalue weighted by molar-refractivity contribution is 5.90. The van der Waals surface area contributed by atoms with Crippen molar-refractivity contribution in [1.82, 2.24) is 30.2 Å². The van der Waals surface area contributed by atoms with Crippen molar-refractivity contribution in [3.05, 3.63) is 53.6 Å². The van der Waals surface area contributed by atoms with E-state index in [1.54, 1.807) is 19.2 Å². The number of carbonyl (C=O) groups is 2. The van der Waals surface area contributed by atoms with Gasteiger partial charge in [-0.2, -0.15) is 5.10 Å². The Kier molecular flexibility index (Phi) is 8.43. The molecule has 3 aliphatic rings. The van der Waals surface area contributed by atoms with Crippen LogP contribution in [0.15, 0.2) is 36.5 Å². The predicted octanol–water partition coefficient (Wildman–Crippen LogP) is 3.09. The summed E-state index contributed by atoms with van der Waals surface area (Å²) >= 11 is 0. The fourth-order valence-electron chi connectivity index (χ4n) is 6.37. The van der Waals surface area contributed by atoms with Gasteiger partial charge in [0.15, 0.2) is 0 Å². The summed E-state index contributed by atoms with van der Waals surface area (Å²) in [7, 11) is 1.76. The van der Waals surface area contributed by atoms with Crippen LogP contribution in [0.25, 0.3) is 0 Å². The minimum Gasteiger partial charge on any atom is -0.343 e. The van der Waals surface area contributed by atoms with Crippen LogP contribution in [0, 0.1) is 11.7 Å². The molecule has 2 amide bonds. The van der Waals surface area contributed by atoms with E-state index in [1.807, 2.05) is 28.8 Å². The van der Waals surface area contributed by atoms with Gasteiger partial charge in [-0.25, -0.2) is 4.39 Å². The molecule has 206 valence electrons. The summed E-state index contributed by atoms with van der Waals surface area (Å²) in [6.45, 7) is 4.82. The number of carbonyl (C=O) groups excluding carboxylic acids is 2. The highest BCUT2D eigenvalue weighted by Crippen LogP contribution is 2.35. The van der Waals surface area contributed by atoms with E-state index in [1.165, 1.54) is 18.6 Å². The van der Waals surface area contributed by atoms with Gasteiger partial charge in [-0.1, -0.05) is 31.4 Å². The number of hydrogen-bond donors (Lipinski definition) is 2. The average molecular weight is 525 g/mol. The Morgan fingerprint density at radius 2 is 1.82 bits per heavy atom. The summed E-state index contributed by atoms with van der Waals surface area (Å²) in [5, 5.41) is 11.0. The van der Waals surface area contributed by atoms with Gasteiger partial charge in [-0.3, -0.25) is 19.2 Å². The smallest absolute Gasteiger partial charge is 0.246 e. The highest BCUT2D eigenvalue weighted by atomic mass is 19.1. The number of likely N-dealkylation sites (N-methyl/N-ethyl adjacent to an activating group) is 1. The lowest BCUT2D eigenvalue weighted by Crippen LogP contribution is -2.61. The topological polar surface area (TPSA) is 82.5 Å². The van der Waals surface area contributed by atoms with Crippen LogP contribution < -0.4 is 10.6 Å². The normalized spacial score (nSPS) is 24.1. The van der Waals surface area contributed by atoms with Crippen LogP contribution in [-0.2, 0) is 16.1 Å². The molecule has 2 aromatic rings. The predicted molar refractivity (Wildman–Crippen MR) is 144 cm³/mol. The molecule has 1 aromatic heterocycles. The summed E-state index contributed by atoms with van der Waals surface area (Å²) in [5.74, 6) is -0.202. The maximum absolute atomic E-state index is 14.3. The maximum Gasteiger partial charge on any atom is 0.246 e. The third-order valence-corrected chi connectivity index (χ3v) is 8.75. The monoisotopic (exact) mass is 524 g/mol. The van der Waals surface area contributed by atoms with Crippen molar-refractivity contribution in [3.8, 4) is 0 Å². The third kappa shape index (κ3) is 5.94. The molecule has 2 N–H and O–H groups in total. The second kappa shape index (κ2) is 11.9.